The fourth-order valence-corrected chi connectivity index (χ4v) is 2.21. The van der Waals surface area contributed by atoms with Crippen molar-refractivity contribution in [3.63, 3.8) is 0 Å². The number of nitrogens with two attached hydrogens (primary N) is 1. The van der Waals surface area contributed by atoms with Crippen molar-refractivity contribution >= 4 is 17.3 Å². The van der Waals surface area contributed by atoms with Gasteiger partial charge in [-0.3, -0.25) is 0 Å². The molecule has 0 radical (unpaired) electrons. The lowest BCUT2D eigenvalue weighted by atomic mass is 10.1. The maximum Gasteiger partial charge on any atom is 0.150 e. The number of hydrogen-bond acceptors (Lipinski definition) is 3. The summed E-state index contributed by atoms with van der Waals surface area (Å²) in [7, 11) is 0. The standard InChI is InChI=1S/C15H13ClN2O/c1-9-5-12(16)6-10(2)15(9)19-14-4-3-11(8-17)7-13(14)18/h3-7H,18H2,1-2H3. The molecule has 0 aliphatic carbocycles. The van der Waals surface area contributed by atoms with Crippen molar-refractivity contribution in [2.75, 3.05) is 5.73 Å². The molecule has 96 valence electrons. The van der Waals surface area contributed by atoms with Crippen LogP contribution in [0.15, 0.2) is 30.3 Å². The fourth-order valence-electron chi connectivity index (χ4n) is 1.88. The zero-order valence-corrected chi connectivity index (χ0v) is 11.5. The van der Waals surface area contributed by atoms with Crippen LogP contribution in [0.5, 0.6) is 11.5 Å². The van der Waals surface area contributed by atoms with Crippen molar-refractivity contribution in [2.45, 2.75) is 13.8 Å². The maximum absolute atomic E-state index is 8.80. The second kappa shape index (κ2) is 5.21. The van der Waals surface area contributed by atoms with E-state index in [1.165, 1.54) is 0 Å². The Morgan fingerprint density at radius 2 is 1.79 bits per heavy atom. The molecule has 2 N–H and O–H groups in total. The van der Waals surface area contributed by atoms with Crippen molar-refractivity contribution in [1.82, 2.24) is 0 Å². The lowest BCUT2D eigenvalue weighted by Gasteiger charge is -2.13. The Morgan fingerprint density at radius 1 is 1.16 bits per heavy atom. The number of nitrogens with zero attached hydrogens (tertiary/aromatic N) is 1. The molecule has 0 amide bonds. The normalized spacial score (nSPS) is 10.0. The van der Waals surface area contributed by atoms with Crippen LogP contribution in [-0.2, 0) is 0 Å². The Labute approximate surface area is 117 Å². The van der Waals surface area contributed by atoms with Crippen LogP contribution in [0.25, 0.3) is 0 Å². The lowest BCUT2D eigenvalue weighted by Crippen LogP contribution is -1.96. The molecule has 2 rings (SSSR count). The number of ether oxygens (including phenoxy) is 1. The minimum absolute atomic E-state index is 0.438. The molecule has 0 aliphatic heterocycles. The number of nitrogen functional groups attached to an aromatic ring is 1. The molecule has 19 heavy (non-hydrogen) atoms. The summed E-state index contributed by atoms with van der Waals surface area (Å²) < 4.78 is 5.83. The molecule has 0 aliphatic rings. The van der Waals surface area contributed by atoms with Gasteiger partial charge in [-0.15, -0.1) is 0 Å². The van der Waals surface area contributed by atoms with Crippen molar-refractivity contribution < 1.29 is 4.74 Å². The van der Waals surface area contributed by atoms with Gasteiger partial charge in [-0.05, 0) is 55.3 Å². The number of benzene rings is 2. The molecule has 0 saturated carbocycles. The van der Waals surface area contributed by atoms with Gasteiger partial charge in [0, 0.05) is 5.02 Å². The SMILES string of the molecule is Cc1cc(Cl)cc(C)c1Oc1ccc(C#N)cc1N. The van der Waals surface area contributed by atoms with E-state index in [9.17, 15) is 0 Å². The van der Waals surface area contributed by atoms with E-state index in [1.807, 2.05) is 32.0 Å². The van der Waals surface area contributed by atoms with Crippen LogP contribution < -0.4 is 10.5 Å². The highest BCUT2D eigenvalue weighted by Gasteiger charge is 2.09. The average Bonchev–Trinajstić information content (AvgIpc) is 2.35. The third-order valence-electron chi connectivity index (χ3n) is 2.78. The molecule has 0 fully saturated rings. The summed E-state index contributed by atoms with van der Waals surface area (Å²) in [4.78, 5) is 0. The van der Waals surface area contributed by atoms with E-state index in [2.05, 4.69) is 0 Å². The van der Waals surface area contributed by atoms with E-state index in [0.717, 1.165) is 16.9 Å². The van der Waals surface area contributed by atoms with Crippen molar-refractivity contribution in [2.24, 2.45) is 0 Å². The summed E-state index contributed by atoms with van der Waals surface area (Å²) in [6, 6.07) is 10.7. The number of hydrogen-bond donors (Lipinski definition) is 1. The van der Waals surface area contributed by atoms with Crippen molar-refractivity contribution in [1.29, 1.82) is 5.26 Å². The summed E-state index contributed by atoms with van der Waals surface area (Å²) >= 11 is 5.98. The Balaban J connectivity index is 2.40. The lowest BCUT2D eigenvalue weighted by molar-refractivity contribution is 0.477. The quantitative estimate of drug-likeness (QED) is 0.834. The number of halogens is 1. The molecule has 0 atom stereocenters. The van der Waals surface area contributed by atoms with Gasteiger partial charge in [0.05, 0.1) is 17.3 Å². The summed E-state index contributed by atoms with van der Waals surface area (Å²) in [6.45, 7) is 3.85. The number of rotatable bonds is 2. The average molecular weight is 273 g/mol. The van der Waals surface area contributed by atoms with Gasteiger partial charge in [0.25, 0.3) is 0 Å². The second-order valence-corrected chi connectivity index (χ2v) is 4.77. The van der Waals surface area contributed by atoms with Crippen LogP contribution in [0, 0.1) is 25.2 Å². The Kier molecular flexibility index (Phi) is 3.64. The van der Waals surface area contributed by atoms with Crippen LogP contribution in [-0.4, -0.2) is 0 Å². The summed E-state index contributed by atoms with van der Waals surface area (Å²) in [6.07, 6.45) is 0. The molecule has 0 heterocycles. The number of aryl methyl sites for hydroxylation is 2. The molecule has 2 aromatic rings. The summed E-state index contributed by atoms with van der Waals surface area (Å²) in [5.41, 5.74) is 8.70. The Hall–Kier alpha value is -2.18. The van der Waals surface area contributed by atoms with Crippen molar-refractivity contribution in [3.8, 4) is 17.6 Å². The first-order valence-corrected chi connectivity index (χ1v) is 6.13. The van der Waals surface area contributed by atoms with Crippen LogP contribution in [0.4, 0.5) is 5.69 Å². The number of nitriles is 1. The minimum Gasteiger partial charge on any atom is -0.455 e. The highest BCUT2D eigenvalue weighted by molar-refractivity contribution is 6.30. The van der Waals surface area contributed by atoms with Gasteiger partial charge in [-0.2, -0.15) is 5.26 Å². The van der Waals surface area contributed by atoms with Gasteiger partial charge < -0.3 is 10.5 Å². The van der Waals surface area contributed by atoms with Crippen LogP contribution in [0.1, 0.15) is 16.7 Å². The monoisotopic (exact) mass is 272 g/mol. The topological polar surface area (TPSA) is 59.0 Å². The third-order valence-corrected chi connectivity index (χ3v) is 2.99. The first-order chi connectivity index (χ1) is 9.01. The Morgan fingerprint density at radius 3 is 2.32 bits per heavy atom. The van der Waals surface area contributed by atoms with Gasteiger partial charge in [0.2, 0.25) is 0 Å². The molecule has 3 nitrogen and oxygen atoms in total. The largest absolute Gasteiger partial charge is 0.455 e. The van der Waals surface area contributed by atoms with Crippen LogP contribution in [0.2, 0.25) is 5.02 Å². The van der Waals surface area contributed by atoms with Crippen LogP contribution >= 0.6 is 11.6 Å². The third kappa shape index (κ3) is 2.81. The van der Waals surface area contributed by atoms with Gasteiger partial charge in [0.15, 0.2) is 0 Å². The van der Waals surface area contributed by atoms with E-state index < -0.39 is 0 Å². The molecular weight excluding hydrogens is 260 g/mol. The van der Waals surface area contributed by atoms with E-state index in [0.29, 0.717) is 22.0 Å². The molecule has 2 aromatic carbocycles. The maximum atomic E-state index is 8.80. The van der Waals surface area contributed by atoms with Crippen LogP contribution in [0.3, 0.4) is 0 Å². The molecule has 4 heteroatoms. The minimum atomic E-state index is 0.438. The van der Waals surface area contributed by atoms with Gasteiger partial charge in [-0.25, -0.2) is 0 Å². The van der Waals surface area contributed by atoms with E-state index in [-0.39, 0.29) is 0 Å². The second-order valence-electron chi connectivity index (χ2n) is 4.34. The molecule has 0 spiro atoms. The molecule has 0 bridgehead atoms. The van der Waals surface area contributed by atoms with Gasteiger partial charge >= 0.3 is 0 Å². The molecule has 0 aromatic heterocycles. The zero-order valence-electron chi connectivity index (χ0n) is 10.7. The van der Waals surface area contributed by atoms with Gasteiger partial charge in [0.1, 0.15) is 11.5 Å². The predicted octanol–water partition coefficient (Wildman–Crippen LogP) is 4.20. The van der Waals surface area contributed by atoms with Crippen molar-refractivity contribution in [3.05, 3.63) is 52.0 Å². The van der Waals surface area contributed by atoms with E-state index in [4.69, 9.17) is 27.3 Å². The molecule has 0 unspecified atom stereocenters. The van der Waals surface area contributed by atoms with E-state index >= 15 is 0 Å². The summed E-state index contributed by atoms with van der Waals surface area (Å²) in [5.74, 6) is 1.27. The van der Waals surface area contributed by atoms with Gasteiger partial charge in [-0.1, -0.05) is 11.6 Å². The zero-order chi connectivity index (χ0) is 14.0. The Bertz CT molecular complexity index is 651. The first-order valence-electron chi connectivity index (χ1n) is 5.75. The highest BCUT2D eigenvalue weighted by Crippen LogP contribution is 2.34. The first kappa shape index (κ1) is 13.3. The molecule has 0 saturated heterocycles. The predicted molar refractivity (Wildman–Crippen MR) is 76.6 cm³/mol. The molecular formula is C15H13ClN2O. The fraction of sp³-hybridized carbons (Fsp3) is 0.133. The summed E-state index contributed by atoms with van der Waals surface area (Å²) in [5, 5.41) is 9.48. The number of anilines is 1. The highest BCUT2D eigenvalue weighted by atomic mass is 35.5. The van der Waals surface area contributed by atoms with E-state index in [1.54, 1.807) is 18.2 Å². The smallest absolute Gasteiger partial charge is 0.150 e.